The minimum absolute atomic E-state index is 0.00285. The summed E-state index contributed by atoms with van der Waals surface area (Å²) in [6.45, 7) is 6.92. The van der Waals surface area contributed by atoms with Crippen LogP contribution in [-0.2, 0) is 10.0 Å². The molecule has 8 heteroatoms. The van der Waals surface area contributed by atoms with Crippen LogP contribution in [-0.4, -0.2) is 66.9 Å². The minimum Gasteiger partial charge on any atom is -0.497 e. The second-order valence-electron chi connectivity index (χ2n) is 14.5. The van der Waals surface area contributed by atoms with Crippen LogP contribution in [0.3, 0.4) is 0 Å². The number of carbonyl (C=O) groups is 1. The minimum atomic E-state index is -3.49. The van der Waals surface area contributed by atoms with Gasteiger partial charge in [0.2, 0.25) is 10.0 Å². The summed E-state index contributed by atoms with van der Waals surface area (Å²) in [4.78, 5) is 14.6. The lowest BCUT2D eigenvalue weighted by Crippen LogP contribution is -2.67. The summed E-state index contributed by atoms with van der Waals surface area (Å²) in [5.41, 5.74) is -1.47. The van der Waals surface area contributed by atoms with Crippen molar-refractivity contribution in [2.24, 2.45) is 33.5 Å². The van der Waals surface area contributed by atoms with Crippen LogP contribution in [0.1, 0.15) is 82.5 Å². The molecule has 1 aromatic rings. The standard InChI is InChI=1S/C34H47NO6S/c1-6-19-35(42(5,39)40)22-33(38)16-13-28-31(33,3)15-12-27-30(2)14-11-24(36)20-32(30)17-18-34(27,28)26(21-32)29(37)23-7-9-25(41-4)10-8-23/h7-10,17-18,21,24,27-28,36,38H,6,11-16,19-20,22H2,1-5H3. The number of ketones is 1. The number of nitrogens with zero attached hydrogens (tertiary/aromatic N) is 1. The maximum absolute atomic E-state index is 14.6. The predicted octanol–water partition coefficient (Wildman–Crippen LogP) is 5.14. The fourth-order valence-corrected chi connectivity index (χ4v) is 11.4. The molecule has 0 heterocycles. The van der Waals surface area contributed by atoms with Gasteiger partial charge >= 0.3 is 0 Å². The molecule has 0 aliphatic heterocycles. The van der Waals surface area contributed by atoms with E-state index in [0.717, 1.165) is 37.7 Å². The van der Waals surface area contributed by atoms with Crippen molar-refractivity contribution < 1.29 is 28.2 Å². The molecule has 2 N–H and O–H groups in total. The van der Waals surface area contributed by atoms with Crippen molar-refractivity contribution in [3.8, 4) is 5.75 Å². The number of sulfonamides is 1. The lowest BCUT2D eigenvalue weighted by Gasteiger charge is -2.71. The number of carbonyl (C=O) groups excluding carboxylic acids is 1. The van der Waals surface area contributed by atoms with E-state index in [4.69, 9.17) is 4.74 Å². The normalized spacial score (nSPS) is 42.1. The number of aliphatic hydroxyl groups excluding tert-OH is 1. The van der Waals surface area contributed by atoms with E-state index in [0.29, 0.717) is 37.1 Å². The number of ether oxygens (including phenoxy) is 1. The first-order valence-corrected chi connectivity index (χ1v) is 17.5. The molecule has 230 valence electrons. The van der Waals surface area contributed by atoms with Gasteiger partial charge in [0.05, 0.1) is 25.1 Å². The van der Waals surface area contributed by atoms with E-state index >= 15 is 0 Å². The van der Waals surface area contributed by atoms with Crippen LogP contribution < -0.4 is 4.74 Å². The van der Waals surface area contributed by atoms with Crippen molar-refractivity contribution in [1.82, 2.24) is 4.31 Å². The number of hydrogen-bond acceptors (Lipinski definition) is 6. The zero-order chi connectivity index (χ0) is 30.3. The highest BCUT2D eigenvalue weighted by Gasteiger charge is 2.74. The molecule has 6 aliphatic carbocycles. The molecular formula is C34H47NO6S. The van der Waals surface area contributed by atoms with Crippen LogP contribution in [0, 0.1) is 33.5 Å². The van der Waals surface area contributed by atoms with Crippen molar-refractivity contribution in [1.29, 1.82) is 0 Å². The Kier molecular flexibility index (Phi) is 6.97. The Morgan fingerprint density at radius 3 is 2.31 bits per heavy atom. The summed E-state index contributed by atoms with van der Waals surface area (Å²) in [7, 11) is -1.88. The number of hydrogen-bond donors (Lipinski definition) is 2. The number of benzene rings is 1. The lowest BCUT2D eigenvalue weighted by atomic mass is 9.32. The van der Waals surface area contributed by atoms with Gasteiger partial charge in [0.25, 0.3) is 0 Å². The number of allylic oxidation sites excluding steroid dienone is 4. The van der Waals surface area contributed by atoms with Crippen LogP contribution in [0.2, 0.25) is 0 Å². The average molecular weight is 598 g/mol. The van der Waals surface area contributed by atoms with E-state index in [9.17, 15) is 23.4 Å². The summed E-state index contributed by atoms with van der Waals surface area (Å²) in [5.74, 6) is 0.851. The van der Waals surface area contributed by atoms with Gasteiger partial charge < -0.3 is 14.9 Å². The first-order valence-electron chi connectivity index (χ1n) is 15.7. The highest BCUT2D eigenvalue weighted by Crippen LogP contribution is 2.78. The highest BCUT2D eigenvalue weighted by molar-refractivity contribution is 7.88. The Hall–Kier alpha value is -2.00. The average Bonchev–Trinajstić information content (AvgIpc) is 3.22. The van der Waals surface area contributed by atoms with Gasteiger partial charge in [-0.3, -0.25) is 4.79 Å². The van der Waals surface area contributed by atoms with Crippen LogP contribution in [0.5, 0.6) is 5.75 Å². The molecule has 0 saturated heterocycles. The first kappa shape index (κ1) is 30.0. The van der Waals surface area contributed by atoms with Crippen LogP contribution in [0.15, 0.2) is 48.1 Å². The summed E-state index contributed by atoms with van der Waals surface area (Å²) < 4.78 is 32.3. The largest absolute Gasteiger partial charge is 0.497 e. The third-order valence-electron chi connectivity index (χ3n) is 12.7. The zero-order valence-corrected chi connectivity index (χ0v) is 26.5. The first-order chi connectivity index (χ1) is 19.7. The molecule has 3 saturated carbocycles. The van der Waals surface area contributed by atoms with Crippen LogP contribution in [0.25, 0.3) is 0 Å². The molecule has 8 unspecified atom stereocenters. The van der Waals surface area contributed by atoms with Gasteiger partial charge in [-0.05, 0) is 92.9 Å². The van der Waals surface area contributed by atoms with Gasteiger partial charge in [-0.25, -0.2) is 8.42 Å². The topological polar surface area (TPSA) is 104 Å². The third kappa shape index (κ3) is 3.93. The van der Waals surface area contributed by atoms with Crippen molar-refractivity contribution in [3.63, 3.8) is 0 Å². The highest BCUT2D eigenvalue weighted by atomic mass is 32.2. The maximum atomic E-state index is 14.6. The predicted molar refractivity (Wildman–Crippen MR) is 163 cm³/mol. The molecule has 3 fully saturated rings. The molecular weight excluding hydrogens is 550 g/mol. The molecule has 1 aromatic carbocycles. The number of fused-ring (bicyclic) bond motifs is 1. The second kappa shape index (κ2) is 9.75. The maximum Gasteiger partial charge on any atom is 0.211 e. The summed E-state index contributed by atoms with van der Waals surface area (Å²) in [6.07, 6.45) is 13.4. The van der Waals surface area contributed by atoms with Crippen molar-refractivity contribution in [2.45, 2.75) is 83.8 Å². The molecule has 0 aromatic heterocycles. The summed E-state index contributed by atoms with van der Waals surface area (Å²) in [5, 5.41) is 23.3. The van der Waals surface area contributed by atoms with E-state index in [1.165, 1.54) is 10.6 Å². The van der Waals surface area contributed by atoms with E-state index in [-0.39, 0.29) is 29.6 Å². The van der Waals surface area contributed by atoms with Gasteiger partial charge in [-0.15, -0.1) is 0 Å². The number of methoxy groups -OCH3 is 1. The smallest absolute Gasteiger partial charge is 0.211 e. The monoisotopic (exact) mass is 597 g/mol. The molecule has 42 heavy (non-hydrogen) atoms. The molecule has 6 aliphatic rings. The SMILES string of the molecule is CCCN(CC1(O)CCC2C34C=CC5(C=C3C(=O)c3ccc(OC)cc3)CC(O)CCC5(C)C4CCC21C)S(C)(=O)=O. The van der Waals surface area contributed by atoms with Gasteiger partial charge in [0, 0.05) is 40.5 Å². The van der Waals surface area contributed by atoms with Gasteiger partial charge in [0.1, 0.15) is 5.75 Å². The number of rotatable bonds is 8. The molecule has 7 rings (SSSR count). The quantitative estimate of drug-likeness (QED) is 0.318. The molecule has 2 bridgehead atoms. The third-order valence-corrected chi connectivity index (χ3v) is 13.9. The fourth-order valence-electron chi connectivity index (χ4n) is 10.4. The van der Waals surface area contributed by atoms with E-state index in [1.54, 1.807) is 7.11 Å². The molecule has 0 radical (unpaired) electrons. The number of Topliss-reactive ketones (excluding diaryl/α,β-unsaturated/α-hetero) is 1. The Bertz CT molecular complexity index is 1440. The Morgan fingerprint density at radius 2 is 1.67 bits per heavy atom. The van der Waals surface area contributed by atoms with E-state index in [1.807, 2.05) is 31.2 Å². The van der Waals surface area contributed by atoms with Gasteiger partial charge in [-0.1, -0.05) is 39.0 Å². The van der Waals surface area contributed by atoms with Gasteiger partial charge in [-0.2, -0.15) is 4.31 Å². The van der Waals surface area contributed by atoms with E-state index < -0.39 is 38.0 Å². The Balaban J connectivity index is 1.49. The second-order valence-corrected chi connectivity index (χ2v) is 16.4. The fraction of sp³-hybridized carbons (Fsp3) is 0.676. The van der Waals surface area contributed by atoms with Gasteiger partial charge in [0.15, 0.2) is 5.78 Å². The van der Waals surface area contributed by atoms with Crippen LogP contribution >= 0.6 is 0 Å². The lowest BCUT2D eigenvalue weighted by molar-refractivity contribution is -0.173. The molecule has 8 atom stereocenters. The summed E-state index contributed by atoms with van der Waals surface area (Å²) >= 11 is 0. The Labute approximate surface area is 251 Å². The molecule has 0 amide bonds. The number of aliphatic hydroxyl groups is 2. The van der Waals surface area contributed by atoms with Crippen molar-refractivity contribution >= 4 is 15.8 Å². The summed E-state index contributed by atoms with van der Waals surface area (Å²) in [6, 6.07) is 7.29. The zero-order valence-electron chi connectivity index (χ0n) is 25.7. The van der Waals surface area contributed by atoms with Crippen molar-refractivity contribution in [3.05, 3.63) is 53.6 Å². The Morgan fingerprint density at radius 1 is 1.02 bits per heavy atom. The molecule has 7 nitrogen and oxygen atoms in total. The molecule has 2 spiro atoms. The van der Waals surface area contributed by atoms with E-state index in [2.05, 4.69) is 32.1 Å². The van der Waals surface area contributed by atoms with Crippen LogP contribution in [0.4, 0.5) is 0 Å². The van der Waals surface area contributed by atoms with Crippen molar-refractivity contribution in [2.75, 3.05) is 26.5 Å².